The molecule has 0 saturated carbocycles. The Labute approximate surface area is 201 Å². The van der Waals surface area contributed by atoms with Crippen LogP contribution in [0.2, 0.25) is 0 Å². The van der Waals surface area contributed by atoms with Gasteiger partial charge in [0.25, 0.3) is 5.89 Å². The summed E-state index contributed by atoms with van der Waals surface area (Å²) >= 11 is 5.73. The predicted octanol–water partition coefficient (Wildman–Crippen LogP) is 5.75. The number of anilines is 1. The summed E-state index contributed by atoms with van der Waals surface area (Å²) in [7, 11) is 1.61. The highest BCUT2D eigenvalue weighted by molar-refractivity contribution is 7.80. The standard InChI is InChI=1S/C26H21FN4O2S/c1-16-22(25-29-24(30-33-25)18-7-6-10-21(15-18)32-2)23(17-11-13-19(27)14-12-17)28-26(34)31(16)20-8-4-3-5-9-20/h3-15,23H,1-2H3,(H,28,34). The van der Waals surface area contributed by atoms with Crippen LogP contribution in [0.1, 0.15) is 24.4 Å². The van der Waals surface area contributed by atoms with E-state index in [1.165, 1.54) is 12.1 Å². The van der Waals surface area contributed by atoms with Crippen LogP contribution in [0, 0.1) is 5.82 Å². The minimum Gasteiger partial charge on any atom is -0.497 e. The Kier molecular flexibility index (Phi) is 5.81. The normalized spacial score (nSPS) is 15.9. The van der Waals surface area contributed by atoms with E-state index in [9.17, 15) is 4.39 Å². The van der Waals surface area contributed by atoms with Crippen molar-refractivity contribution in [2.45, 2.75) is 13.0 Å². The predicted molar refractivity (Wildman–Crippen MR) is 133 cm³/mol. The topological polar surface area (TPSA) is 63.4 Å². The Morgan fingerprint density at radius 1 is 1.03 bits per heavy atom. The van der Waals surface area contributed by atoms with Crippen molar-refractivity contribution in [3.63, 3.8) is 0 Å². The summed E-state index contributed by atoms with van der Waals surface area (Å²) in [6, 6.07) is 23.1. The van der Waals surface area contributed by atoms with Crippen LogP contribution in [-0.2, 0) is 0 Å². The number of benzene rings is 3. The average molecular weight is 473 g/mol. The first kappa shape index (κ1) is 21.8. The number of allylic oxidation sites excluding steroid dienone is 1. The van der Waals surface area contributed by atoms with Gasteiger partial charge in [0.15, 0.2) is 5.11 Å². The zero-order chi connectivity index (χ0) is 23.7. The van der Waals surface area contributed by atoms with Gasteiger partial charge in [-0.3, -0.25) is 4.90 Å². The SMILES string of the molecule is COc1cccc(-c2noc(C3=C(C)N(c4ccccc4)C(=S)NC3c3ccc(F)cc3)n2)c1. The Morgan fingerprint density at radius 2 is 1.79 bits per heavy atom. The molecule has 3 aromatic carbocycles. The van der Waals surface area contributed by atoms with Crippen molar-refractivity contribution < 1.29 is 13.7 Å². The number of methoxy groups -OCH3 is 1. The fraction of sp³-hybridized carbons (Fsp3) is 0.115. The number of nitrogens with zero attached hydrogens (tertiary/aromatic N) is 3. The monoisotopic (exact) mass is 472 g/mol. The second-order valence-electron chi connectivity index (χ2n) is 7.76. The van der Waals surface area contributed by atoms with Crippen LogP contribution in [0.25, 0.3) is 17.0 Å². The molecule has 0 saturated heterocycles. The van der Waals surface area contributed by atoms with Crippen molar-refractivity contribution in [2.24, 2.45) is 0 Å². The summed E-state index contributed by atoms with van der Waals surface area (Å²) in [4.78, 5) is 6.63. The molecule has 1 aliphatic rings. The number of thiocarbonyl (C=S) groups is 1. The zero-order valence-electron chi connectivity index (χ0n) is 18.5. The minimum absolute atomic E-state index is 0.312. The van der Waals surface area contributed by atoms with E-state index in [0.29, 0.717) is 22.6 Å². The lowest BCUT2D eigenvalue weighted by Gasteiger charge is -2.37. The molecule has 6 nitrogen and oxygen atoms in total. The Balaban J connectivity index is 1.64. The van der Waals surface area contributed by atoms with E-state index in [0.717, 1.165) is 28.1 Å². The van der Waals surface area contributed by atoms with Gasteiger partial charge in [-0.05, 0) is 61.1 Å². The quantitative estimate of drug-likeness (QED) is 0.371. The number of ether oxygens (including phenoxy) is 1. The van der Waals surface area contributed by atoms with Crippen molar-refractivity contribution in [1.29, 1.82) is 0 Å². The maximum Gasteiger partial charge on any atom is 0.258 e. The van der Waals surface area contributed by atoms with Gasteiger partial charge in [-0.2, -0.15) is 4.98 Å². The van der Waals surface area contributed by atoms with Crippen molar-refractivity contribution in [2.75, 3.05) is 12.0 Å². The fourth-order valence-electron chi connectivity index (χ4n) is 4.03. The molecule has 0 fully saturated rings. The molecule has 0 radical (unpaired) electrons. The van der Waals surface area contributed by atoms with Crippen molar-refractivity contribution >= 4 is 28.6 Å². The summed E-state index contributed by atoms with van der Waals surface area (Å²) < 4.78 is 24.7. The summed E-state index contributed by atoms with van der Waals surface area (Å²) in [6.07, 6.45) is 0. The summed E-state index contributed by atoms with van der Waals surface area (Å²) in [5.74, 6) is 1.17. The van der Waals surface area contributed by atoms with E-state index in [2.05, 4.69) is 10.5 Å². The number of nitrogens with one attached hydrogen (secondary N) is 1. The first-order valence-electron chi connectivity index (χ1n) is 10.7. The van der Waals surface area contributed by atoms with Gasteiger partial charge in [0.05, 0.1) is 18.7 Å². The van der Waals surface area contributed by atoms with E-state index >= 15 is 0 Å². The van der Waals surface area contributed by atoms with Crippen molar-refractivity contribution in [1.82, 2.24) is 15.5 Å². The molecular weight excluding hydrogens is 451 g/mol. The van der Waals surface area contributed by atoms with E-state index in [1.54, 1.807) is 19.2 Å². The van der Waals surface area contributed by atoms with Crippen molar-refractivity contribution in [3.05, 3.63) is 102 Å². The molecule has 5 rings (SSSR count). The number of hydrogen-bond acceptors (Lipinski definition) is 5. The van der Waals surface area contributed by atoms with Crippen LogP contribution in [0.5, 0.6) is 5.75 Å². The Morgan fingerprint density at radius 3 is 2.53 bits per heavy atom. The molecule has 8 heteroatoms. The van der Waals surface area contributed by atoms with Gasteiger partial charge in [0, 0.05) is 16.9 Å². The molecule has 1 N–H and O–H groups in total. The molecule has 1 atom stereocenters. The largest absolute Gasteiger partial charge is 0.497 e. The Hall–Kier alpha value is -4.04. The molecule has 1 unspecified atom stereocenters. The maximum absolute atomic E-state index is 13.6. The summed E-state index contributed by atoms with van der Waals surface area (Å²) in [5, 5.41) is 8.11. The number of rotatable bonds is 5. The van der Waals surface area contributed by atoms with E-state index in [4.69, 9.17) is 26.5 Å². The first-order chi connectivity index (χ1) is 16.5. The molecule has 0 amide bonds. The third kappa shape index (κ3) is 4.04. The number of hydrogen-bond donors (Lipinski definition) is 1. The van der Waals surface area contributed by atoms with Gasteiger partial charge in [0.2, 0.25) is 5.82 Å². The van der Waals surface area contributed by atoms with E-state index in [1.807, 2.05) is 66.4 Å². The highest BCUT2D eigenvalue weighted by Crippen LogP contribution is 2.39. The van der Waals surface area contributed by atoms with Crippen LogP contribution >= 0.6 is 12.2 Å². The molecule has 1 aromatic heterocycles. The summed E-state index contributed by atoms with van der Waals surface area (Å²) in [5.41, 5.74) is 4.09. The third-order valence-electron chi connectivity index (χ3n) is 5.69. The van der Waals surface area contributed by atoms with Crippen LogP contribution in [0.3, 0.4) is 0 Å². The highest BCUT2D eigenvalue weighted by Gasteiger charge is 2.34. The maximum atomic E-state index is 13.6. The Bertz CT molecular complexity index is 1370. The van der Waals surface area contributed by atoms with E-state index < -0.39 is 6.04 Å². The van der Waals surface area contributed by atoms with Crippen LogP contribution in [-0.4, -0.2) is 22.4 Å². The highest BCUT2D eigenvalue weighted by atomic mass is 32.1. The van der Waals surface area contributed by atoms with Gasteiger partial charge in [0.1, 0.15) is 11.6 Å². The lowest BCUT2D eigenvalue weighted by molar-refractivity contribution is 0.403. The van der Waals surface area contributed by atoms with Gasteiger partial charge in [-0.1, -0.05) is 47.6 Å². The van der Waals surface area contributed by atoms with Gasteiger partial charge in [-0.25, -0.2) is 4.39 Å². The molecule has 0 bridgehead atoms. The smallest absolute Gasteiger partial charge is 0.258 e. The molecule has 0 aliphatic carbocycles. The second-order valence-corrected chi connectivity index (χ2v) is 8.15. The number of aromatic nitrogens is 2. The number of halogens is 1. The number of para-hydroxylation sites is 1. The molecule has 1 aliphatic heterocycles. The van der Waals surface area contributed by atoms with E-state index in [-0.39, 0.29) is 5.82 Å². The molecule has 34 heavy (non-hydrogen) atoms. The minimum atomic E-state index is -0.397. The molecule has 0 spiro atoms. The molecule has 2 heterocycles. The molecular formula is C26H21FN4O2S. The molecule has 4 aromatic rings. The van der Waals surface area contributed by atoms with Crippen LogP contribution in [0.15, 0.2) is 89.1 Å². The van der Waals surface area contributed by atoms with Gasteiger partial charge < -0.3 is 14.6 Å². The second kappa shape index (κ2) is 9.07. The average Bonchev–Trinajstić information content (AvgIpc) is 3.35. The van der Waals surface area contributed by atoms with Crippen LogP contribution < -0.4 is 15.0 Å². The third-order valence-corrected chi connectivity index (χ3v) is 5.99. The van der Waals surface area contributed by atoms with Gasteiger partial charge in [-0.15, -0.1) is 0 Å². The zero-order valence-corrected chi connectivity index (χ0v) is 19.3. The fourth-order valence-corrected chi connectivity index (χ4v) is 4.39. The lowest BCUT2D eigenvalue weighted by atomic mass is 9.94. The van der Waals surface area contributed by atoms with Crippen molar-refractivity contribution in [3.8, 4) is 17.1 Å². The molecule has 170 valence electrons. The van der Waals surface area contributed by atoms with Gasteiger partial charge >= 0.3 is 0 Å². The van der Waals surface area contributed by atoms with Crippen LogP contribution in [0.4, 0.5) is 10.1 Å². The summed E-state index contributed by atoms with van der Waals surface area (Å²) in [6.45, 7) is 1.96. The first-order valence-corrected chi connectivity index (χ1v) is 11.1. The lowest BCUT2D eigenvalue weighted by Crippen LogP contribution is -2.46.